The van der Waals surface area contributed by atoms with Crippen molar-refractivity contribution in [1.82, 2.24) is 35.5 Å². The van der Waals surface area contributed by atoms with Crippen LogP contribution in [0.15, 0.2) is 48.7 Å². The molecule has 5 aromatic rings. The Morgan fingerprint density at radius 1 is 1.08 bits per heavy atom. The predicted octanol–water partition coefficient (Wildman–Crippen LogP) is 6.01. The van der Waals surface area contributed by atoms with E-state index in [0.717, 1.165) is 99.6 Å². The summed E-state index contributed by atoms with van der Waals surface area (Å²) in [6.07, 6.45) is 3.87. The smallest absolute Gasteiger partial charge is 0.407 e. The fraction of sp³-hybridized carbons (Fsp3) is 0.421. The highest BCUT2D eigenvalue weighted by Gasteiger charge is 2.37. The van der Waals surface area contributed by atoms with Gasteiger partial charge in [-0.2, -0.15) is 0 Å². The van der Waals surface area contributed by atoms with Crippen LogP contribution in [0.2, 0.25) is 0 Å². The zero-order valence-corrected chi connectivity index (χ0v) is 28.8. The van der Waals surface area contributed by atoms with Gasteiger partial charge in [0.1, 0.15) is 30.0 Å². The fourth-order valence-corrected chi connectivity index (χ4v) is 7.86. The summed E-state index contributed by atoms with van der Waals surface area (Å²) in [5, 5.41) is 8.49. The Balaban J connectivity index is 1.04. The van der Waals surface area contributed by atoms with Crippen LogP contribution in [0.1, 0.15) is 62.4 Å². The molecule has 2 saturated heterocycles. The van der Waals surface area contributed by atoms with Crippen LogP contribution in [-0.4, -0.2) is 76.8 Å². The van der Waals surface area contributed by atoms with E-state index in [2.05, 4.69) is 63.1 Å². The van der Waals surface area contributed by atoms with Gasteiger partial charge in [0, 0.05) is 31.1 Å². The molecule has 260 valence electrons. The van der Waals surface area contributed by atoms with Gasteiger partial charge in [-0.15, -0.1) is 0 Å². The van der Waals surface area contributed by atoms with E-state index in [4.69, 9.17) is 24.2 Å². The van der Waals surface area contributed by atoms with Gasteiger partial charge < -0.3 is 39.7 Å². The number of aromatic nitrogens is 4. The molecule has 3 aliphatic heterocycles. The Morgan fingerprint density at radius 2 is 1.96 bits per heavy atom. The maximum Gasteiger partial charge on any atom is 0.407 e. The summed E-state index contributed by atoms with van der Waals surface area (Å²) in [5.74, 6) is 2.82. The van der Waals surface area contributed by atoms with Gasteiger partial charge in [0.25, 0.3) is 0 Å². The highest BCUT2D eigenvalue weighted by atomic mass is 16.5. The molecule has 2 fully saturated rings. The molecule has 0 bridgehead atoms. The second-order valence-corrected chi connectivity index (χ2v) is 14.1. The molecule has 2 amide bonds. The minimum Gasteiger partial charge on any atom is -0.488 e. The summed E-state index contributed by atoms with van der Waals surface area (Å²) in [6.45, 7) is 6.56. The Morgan fingerprint density at radius 3 is 2.78 bits per heavy atom. The minimum atomic E-state index is -0.676. The van der Waals surface area contributed by atoms with E-state index in [1.54, 1.807) is 7.11 Å². The van der Waals surface area contributed by atoms with Gasteiger partial charge in [-0.1, -0.05) is 32.0 Å². The molecule has 50 heavy (non-hydrogen) atoms. The van der Waals surface area contributed by atoms with Crippen LogP contribution in [0.3, 0.4) is 0 Å². The highest BCUT2D eigenvalue weighted by Crippen LogP contribution is 2.43. The number of H-pyrrole nitrogens is 2. The molecule has 0 radical (unpaired) electrons. The van der Waals surface area contributed by atoms with E-state index in [-0.39, 0.29) is 23.9 Å². The van der Waals surface area contributed by atoms with E-state index in [9.17, 15) is 9.59 Å². The van der Waals surface area contributed by atoms with Crippen molar-refractivity contribution in [1.29, 1.82) is 0 Å². The van der Waals surface area contributed by atoms with E-state index >= 15 is 0 Å². The number of ether oxygens (including phenoxy) is 3. The van der Waals surface area contributed by atoms with E-state index in [1.807, 2.05) is 24.9 Å². The van der Waals surface area contributed by atoms with Crippen LogP contribution < -0.4 is 15.4 Å². The maximum absolute atomic E-state index is 13.6. The summed E-state index contributed by atoms with van der Waals surface area (Å²) in [7, 11) is 3.05. The number of aromatic amines is 2. The molecule has 4 atom stereocenters. The molecule has 4 N–H and O–H groups in total. The van der Waals surface area contributed by atoms with Gasteiger partial charge >= 0.3 is 6.09 Å². The monoisotopic (exact) mass is 677 g/mol. The van der Waals surface area contributed by atoms with E-state index < -0.39 is 12.1 Å². The van der Waals surface area contributed by atoms with Gasteiger partial charge in [-0.25, -0.2) is 14.8 Å². The number of benzene rings is 3. The molecule has 4 unspecified atom stereocenters. The number of methoxy groups -OCH3 is 2. The summed E-state index contributed by atoms with van der Waals surface area (Å²) < 4.78 is 16.5. The van der Waals surface area contributed by atoms with Crippen LogP contribution in [0.4, 0.5) is 4.79 Å². The average molecular weight is 678 g/mol. The number of nitrogens with zero attached hydrogens (tertiary/aromatic N) is 3. The summed E-state index contributed by atoms with van der Waals surface area (Å²) in [4.78, 5) is 44.2. The molecular weight excluding hydrogens is 634 g/mol. The van der Waals surface area contributed by atoms with Crippen LogP contribution >= 0.6 is 0 Å². The van der Waals surface area contributed by atoms with Gasteiger partial charge in [-0.3, -0.25) is 4.79 Å². The number of likely N-dealkylation sites (tertiary alicyclic amines) is 1. The number of hydrogen-bond donors (Lipinski definition) is 4. The molecule has 3 aliphatic rings. The number of amides is 2. The fourth-order valence-electron chi connectivity index (χ4n) is 7.86. The van der Waals surface area contributed by atoms with Crippen molar-refractivity contribution in [2.24, 2.45) is 11.8 Å². The number of rotatable bonds is 8. The number of hydrogen-bond acceptors (Lipinski definition) is 8. The van der Waals surface area contributed by atoms with Crippen LogP contribution in [0.5, 0.6) is 5.75 Å². The second kappa shape index (κ2) is 13.1. The Kier molecular flexibility index (Phi) is 8.44. The molecule has 12 nitrogen and oxygen atoms in total. The number of nitrogens with one attached hydrogen (secondary N) is 4. The summed E-state index contributed by atoms with van der Waals surface area (Å²) in [6, 6.07) is 14.3. The molecule has 0 saturated carbocycles. The lowest BCUT2D eigenvalue weighted by atomic mass is 9.92. The standard InChI is InChI=1S/C38H43N7O5/c1-20(2)33(44-38(47)49-4)37(46)45-11-5-6-31(45)36-40-17-30(42-36)23-7-9-25-24(13-23)19-50-32-15-26-22(14-27(25)32)8-10-28-34(26)43-35(41-28)29-12-21(16-39-29)18-48-3/h7-10,13-15,17,20-21,29,31,33,39H,5-6,11-12,16,18-19H2,1-4H3,(H,40,42)(H,41,43)(H,44,47). The molecule has 0 spiro atoms. The first-order valence-electron chi connectivity index (χ1n) is 17.5. The minimum absolute atomic E-state index is 0.0935. The Labute approximate surface area is 290 Å². The number of fused-ring (bicyclic) bond motifs is 6. The first kappa shape index (κ1) is 32.3. The van der Waals surface area contributed by atoms with Crippen LogP contribution in [0, 0.1) is 11.8 Å². The number of imidazole rings is 2. The topological polar surface area (TPSA) is 146 Å². The first-order valence-corrected chi connectivity index (χ1v) is 17.5. The SMILES string of the molecule is COCC1CNC(c2nc3c(ccc4cc5c(cc43)OCc3cc(-c4cnc(C6CCCN6C(=O)C(NC(=O)OC)C(C)C)[nH]4)ccc3-5)[nH]2)C1. The third-order valence-corrected chi connectivity index (χ3v) is 10.5. The van der Waals surface area contributed by atoms with Crippen LogP contribution in [0.25, 0.3) is 44.2 Å². The maximum atomic E-state index is 13.6. The molecule has 0 aliphatic carbocycles. The number of carbonyl (C=O) groups excluding carboxylic acids is 2. The average Bonchev–Trinajstić information content (AvgIpc) is 3.95. The third-order valence-electron chi connectivity index (χ3n) is 10.5. The van der Waals surface area contributed by atoms with Crippen molar-refractivity contribution in [2.45, 2.75) is 57.8 Å². The first-order chi connectivity index (χ1) is 24.3. The lowest BCUT2D eigenvalue weighted by Gasteiger charge is -2.30. The van der Waals surface area contributed by atoms with Crippen molar-refractivity contribution >= 4 is 33.8 Å². The molecule has 8 rings (SSSR count). The normalized spacial score (nSPS) is 20.6. The Hall–Kier alpha value is -4.94. The number of carbonyl (C=O) groups is 2. The summed E-state index contributed by atoms with van der Waals surface area (Å²) in [5.41, 5.74) is 7.15. The second-order valence-electron chi connectivity index (χ2n) is 14.1. The lowest BCUT2D eigenvalue weighted by molar-refractivity contribution is -0.135. The van der Waals surface area contributed by atoms with Gasteiger partial charge in [0.15, 0.2) is 0 Å². The molecule has 3 aromatic carbocycles. The number of alkyl carbamates (subject to hydrolysis) is 1. The highest BCUT2D eigenvalue weighted by molar-refractivity contribution is 6.07. The van der Waals surface area contributed by atoms with Crippen molar-refractivity contribution < 1.29 is 23.8 Å². The van der Waals surface area contributed by atoms with E-state index in [0.29, 0.717) is 19.1 Å². The van der Waals surface area contributed by atoms with Gasteiger partial charge in [0.2, 0.25) is 5.91 Å². The van der Waals surface area contributed by atoms with Crippen molar-refractivity contribution in [3.8, 4) is 28.1 Å². The molecular formula is C38H43N7O5. The lowest BCUT2D eigenvalue weighted by Crippen LogP contribution is -2.51. The van der Waals surface area contributed by atoms with E-state index in [1.165, 1.54) is 7.11 Å². The molecule has 12 heteroatoms. The van der Waals surface area contributed by atoms with Crippen molar-refractivity contribution in [3.63, 3.8) is 0 Å². The zero-order chi connectivity index (χ0) is 34.5. The third kappa shape index (κ3) is 5.75. The predicted molar refractivity (Wildman–Crippen MR) is 190 cm³/mol. The van der Waals surface area contributed by atoms with Crippen molar-refractivity contribution in [3.05, 3.63) is 65.9 Å². The van der Waals surface area contributed by atoms with Crippen molar-refractivity contribution in [2.75, 3.05) is 33.9 Å². The summed E-state index contributed by atoms with van der Waals surface area (Å²) >= 11 is 0. The van der Waals surface area contributed by atoms with Gasteiger partial charge in [0.05, 0.1) is 48.7 Å². The quantitative estimate of drug-likeness (QED) is 0.156. The van der Waals surface area contributed by atoms with Gasteiger partial charge in [-0.05, 0) is 77.4 Å². The molecule has 2 aromatic heterocycles. The van der Waals surface area contributed by atoms with Crippen LogP contribution in [-0.2, 0) is 20.9 Å². The Bertz CT molecular complexity index is 2090. The zero-order valence-electron chi connectivity index (χ0n) is 28.8. The largest absolute Gasteiger partial charge is 0.488 e. The molecule has 5 heterocycles.